The van der Waals surface area contributed by atoms with Crippen molar-refractivity contribution in [1.29, 1.82) is 0 Å². The lowest BCUT2D eigenvalue weighted by molar-refractivity contribution is -0.122. The number of carbonyl (C=O) groups excluding carboxylic acids is 1. The summed E-state index contributed by atoms with van der Waals surface area (Å²) in [6.07, 6.45) is -0.0191. The fraction of sp³-hybridized carbons (Fsp3) is 0.235. The summed E-state index contributed by atoms with van der Waals surface area (Å²) < 4.78 is 5.71. The van der Waals surface area contributed by atoms with Crippen molar-refractivity contribution in [2.75, 3.05) is 5.32 Å². The molecule has 1 atom stereocenters. The third kappa shape index (κ3) is 4.23. The van der Waals surface area contributed by atoms with Crippen molar-refractivity contribution in [3.63, 3.8) is 0 Å². The molecule has 0 aromatic heterocycles. The minimum Gasteiger partial charge on any atom is -0.479 e. The molecule has 4 heteroatoms. The van der Waals surface area contributed by atoms with Crippen LogP contribution in [0.3, 0.4) is 0 Å². The highest BCUT2D eigenvalue weighted by molar-refractivity contribution is 6.32. The number of para-hydroxylation sites is 1. The van der Waals surface area contributed by atoms with Crippen LogP contribution in [0, 0.1) is 6.92 Å². The smallest absolute Gasteiger partial charge is 0.265 e. The number of halogens is 1. The average Bonchev–Trinajstić information content (AvgIpc) is 2.48. The van der Waals surface area contributed by atoms with Gasteiger partial charge in [0.15, 0.2) is 6.10 Å². The maximum atomic E-state index is 12.3. The Kier molecular flexibility index (Phi) is 5.23. The molecule has 0 aliphatic heterocycles. The molecule has 0 saturated carbocycles. The standard InChI is InChI=1S/C17H18ClNO2/c1-3-15(21-16-7-5-4-6-14(16)18)17(20)19-13-10-8-12(2)9-11-13/h4-11,15H,3H2,1-2H3,(H,19,20)/t15-/m1/s1. The quantitative estimate of drug-likeness (QED) is 0.886. The topological polar surface area (TPSA) is 38.3 Å². The fourth-order valence-electron chi connectivity index (χ4n) is 1.88. The first-order valence-electron chi connectivity index (χ1n) is 6.89. The Morgan fingerprint density at radius 2 is 1.86 bits per heavy atom. The van der Waals surface area contributed by atoms with Gasteiger partial charge >= 0.3 is 0 Å². The predicted octanol–water partition coefficient (Wildman–Crippen LogP) is 4.44. The van der Waals surface area contributed by atoms with Crippen molar-refractivity contribution in [2.45, 2.75) is 26.4 Å². The highest BCUT2D eigenvalue weighted by Crippen LogP contribution is 2.25. The summed E-state index contributed by atoms with van der Waals surface area (Å²) >= 11 is 6.05. The summed E-state index contributed by atoms with van der Waals surface area (Å²) in [6, 6.07) is 14.8. The van der Waals surface area contributed by atoms with Gasteiger partial charge in [-0.15, -0.1) is 0 Å². The van der Waals surface area contributed by atoms with E-state index in [1.165, 1.54) is 0 Å². The SMILES string of the molecule is CC[C@@H](Oc1ccccc1Cl)C(=O)Nc1ccc(C)cc1. The summed E-state index contributed by atoms with van der Waals surface area (Å²) in [4.78, 5) is 12.3. The van der Waals surface area contributed by atoms with E-state index in [1.807, 2.05) is 50.2 Å². The first kappa shape index (κ1) is 15.4. The Morgan fingerprint density at radius 3 is 2.48 bits per heavy atom. The maximum Gasteiger partial charge on any atom is 0.265 e. The van der Waals surface area contributed by atoms with Gasteiger partial charge in [-0.05, 0) is 37.6 Å². The van der Waals surface area contributed by atoms with Gasteiger partial charge in [-0.3, -0.25) is 4.79 Å². The summed E-state index contributed by atoms with van der Waals surface area (Å²) in [7, 11) is 0. The molecule has 0 bridgehead atoms. The Balaban J connectivity index is 2.05. The number of amides is 1. The lowest BCUT2D eigenvalue weighted by Crippen LogP contribution is -2.32. The zero-order chi connectivity index (χ0) is 15.2. The van der Waals surface area contributed by atoms with Crippen LogP contribution in [0.25, 0.3) is 0 Å². The van der Waals surface area contributed by atoms with Crippen molar-refractivity contribution < 1.29 is 9.53 Å². The molecule has 110 valence electrons. The van der Waals surface area contributed by atoms with Gasteiger partial charge in [0.2, 0.25) is 0 Å². The van der Waals surface area contributed by atoms with Gasteiger partial charge in [0.25, 0.3) is 5.91 Å². The highest BCUT2D eigenvalue weighted by Gasteiger charge is 2.19. The predicted molar refractivity (Wildman–Crippen MR) is 86.0 cm³/mol. The van der Waals surface area contributed by atoms with Crippen molar-refractivity contribution in [3.05, 3.63) is 59.1 Å². The van der Waals surface area contributed by atoms with Crippen LogP contribution in [0.4, 0.5) is 5.69 Å². The van der Waals surface area contributed by atoms with Crippen LogP contribution < -0.4 is 10.1 Å². The third-order valence-corrected chi connectivity index (χ3v) is 3.40. The number of aryl methyl sites for hydroxylation is 1. The molecule has 1 amide bonds. The Labute approximate surface area is 129 Å². The number of carbonyl (C=O) groups is 1. The molecule has 0 aliphatic rings. The Morgan fingerprint density at radius 1 is 1.19 bits per heavy atom. The first-order chi connectivity index (χ1) is 10.1. The van der Waals surface area contributed by atoms with Crippen LogP contribution in [0.5, 0.6) is 5.75 Å². The van der Waals surface area contributed by atoms with Crippen LogP contribution >= 0.6 is 11.6 Å². The van der Waals surface area contributed by atoms with Crippen LogP contribution in [0.1, 0.15) is 18.9 Å². The molecule has 21 heavy (non-hydrogen) atoms. The van der Waals surface area contributed by atoms with Gasteiger partial charge in [-0.1, -0.05) is 48.4 Å². The lowest BCUT2D eigenvalue weighted by Gasteiger charge is -2.18. The molecule has 0 unspecified atom stereocenters. The summed E-state index contributed by atoms with van der Waals surface area (Å²) in [6.45, 7) is 3.90. The molecule has 0 heterocycles. The van der Waals surface area contributed by atoms with Gasteiger partial charge < -0.3 is 10.1 Å². The molecule has 0 fully saturated rings. The monoisotopic (exact) mass is 303 g/mol. The number of benzene rings is 2. The number of anilines is 1. The van der Waals surface area contributed by atoms with E-state index in [0.717, 1.165) is 11.3 Å². The molecule has 2 aromatic carbocycles. The zero-order valence-electron chi connectivity index (χ0n) is 12.1. The zero-order valence-corrected chi connectivity index (χ0v) is 12.9. The van der Waals surface area contributed by atoms with Crippen LogP contribution in [-0.2, 0) is 4.79 Å². The second-order valence-electron chi connectivity index (χ2n) is 4.80. The minimum atomic E-state index is -0.578. The third-order valence-electron chi connectivity index (χ3n) is 3.09. The largest absolute Gasteiger partial charge is 0.479 e. The van der Waals surface area contributed by atoms with E-state index < -0.39 is 6.10 Å². The number of nitrogens with one attached hydrogen (secondary N) is 1. The molecule has 0 radical (unpaired) electrons. The maximum absolute atomic E-state index is 12.3. The van der Waals surface area contributed by atoms with Crippen LogP contribution in [0.2, 0.25) is 5.02 Å². The van der Waals surface area contributed by atoms with E-state index in [4.69, 9.17) is 16.3 Å². The normalized spacial score (nSPS) is 11.8. The number of hydrogen-bond acceptors (Lipinski definition) is 2. The van der Waals surface area contributed by atoms with E-state index in [9.17, 15) is 4.79 Å². The van der Waals surface area contributed by atoms with Gasteiger partial charge in [0.05, 0.1) is 5.02 Å². The number of hydrogen-bond donors (Lipinski definition) is 1. The first-order valence-corrected chi connectivity index (χ1v) is 7.26. The van der Waals surface area contributed by atoms with E-state index in [0.29, 0.717) is 17.2 Å². The molecule has 2 rings (SSSR count). The Hall–Kier alpha value is -2.00. The molecular formula is C17H18ClNO2. The van der Waals surface area contributed by atoms with Crippen molar-refractivity contribution >= 4 is 23.2 Å². The molecule has 0 saturated heterocycles. The van der Waals surface area contributed by atoms with Crippen LogP contribution in [-0.4, -0.2) is 12.0 Å². The molecule has 1 N–H and O–H groups in total. The lowest BCUT2D eigenvalue weighted by atomic mass is 10.2. The van der Waals surface area contributed by atoms with Crippen LogP contribution in [0.15, 0.2) is 48.5 Å². The number of rotatable bonds is 5. The Bertz CT molecular complexity index is 610. The average molecular weight is 304 g/mol. The van der Waals surface area contributed by atoms with Gasteiger partial charge in [-0.25, -0.2) is 0 Å². The second kappa shape index (κ2) is 7.14. The summed E-state index contributed by atoms with van der Waals surface area (Å²) in [5.41, 5.74) is 1.90. The van der Waals surface area contributed by atoms with Crippen molar-refractivity contribution in [3.8, 4) is 5.75 Å². The summed E-state index contributed by atoms with van der Waals surface area (Å²) in [5.74, 6) is 0.339. The van der Waals surface area contributed by atoms with E-state index in [2.05, 4.69) is 5.32 Å². The molecule has 2 aromatic rings. The highest BCUT2D eigenvalue weighted by atomic mass is 35.5. The van der Waals surface area contributed by atoms with E-state index in [1.54, 1.807) is 12.1 Å². The van der Waals surface area contributed by atoms with Gasteiger partial charge in [-0.2, -0.15) is 0 Å². The van der Waals surface area contributed by atoms with Gasteiger partial charge in [0.1, 0.15) is 5.75 Å². The van der Waals surface area contributed by atoms with Crippen molar-refractivity contribution in [1.82, 2.24) is 0 Å². The van der Waals surface area contributed by atoms with E-state index in [-0.39, 0.29) is 5.91 Å². The molecule has 0 spiro atoms. The van der Waals surface area contributed by atoms with E-state index >= 15 is 0 Å². The molecule has 0 aliphatic carbocycles. The number of ether oxygens (including phenoxy) is 1. The fourth-order valence-corrected chi connectivity index (χ4v) is 2.06. The molecule has 3 nitrogen and oxygen atoms in total. The molecular weight excluding hydrogens is 286 g/mol. The summed E-state index contributed by atoms with van der Waals surface area (Å²) in [5, 5.41) is 3.35. The van der Waals surface area contributed by atoms with Gasteiger partial charge in [0, 0.05) is 5.69 Å². The van der Waals surface area contributed by atoms with Crippen molar-refractivity contribution in [2.24, 2.45) is 0 Å². The minimum absolute atomic E-state index is 0.179. The second-order valence-corrected chi connectivity index (χ2v) is 5.21.